The third kappa shape index (κ3) is 3.66. The first-order chi connectivity index (χ1) is 7.52. The zero-order valence-corrected chi connectivity index (χ0v) is 10.1. The van der Waals surface area contributed by atoms with Gasteiger partial charge in [0.2, 0.25) is 0 Å². The van der Waals surface area contributed by atoms with E-state index in [0.717, 1.165) is 12.2 Å². The van der Waals surface area contributed by atoms with E-state index in [1.165, 1.54) is 0 Å². The fourth-order valence-corrected chi connectivity index (χ4v) is 1.72. The van der Waals surface area contributed by atoms with Crippen molar-refractivity contribution in [3.05, 3.63) is 18.0 Å². The number of aryl methyl sites for hydroxylation is 1. The predicted octanol–water partition coefficient (Wildman–Crippen LogP) is 1.11. The first-order valence-corrected chi connectivity index (χ1v) is 5.47. The van der Waals surface area contributed by atoms with Crippen molar-refractivity contribution < 1.29 is 9.90 Å². The van der Waals surface area contributed by atoms with Crippen LogP contribution in [0.2, 0.25) is 0 Å². The molecule has 0 amide bonds. The van der Waals surface area contributed by atoms with Gasteiger partial charge in [0, 0.05) is 25.8 Å². The molecule has 5 nitrogen and oxygen atoms in total. The summed E-state index contributed by atoms with van der Waals surface area (Å²) in [6.07, 6.45) is 2.06. The van der Waals surface area contributed by atoms with Gasteiger partial charge in [-0.05, 0) is 19.5 Å². The molecule has 1 rings (SSSR count). The van der Waals surface area contributed by atoms with Gasteiger partial charge in [-0.15, -0.1) is 0 Å². The molecule has 90 valence electrons. The summed E-state index contributed by atoms with van der Waals surface area (Å²) in [6, 6.07) is 1.99. The summed E-state index contributed by atoms with van der Waals surface area (Å²) in [5, 5.41) is 13.0. The minimum absolute atomic E-state index is 0.0320. The third-order valence-electron chi connectivity index (χ3n) is 2.63. The monoisotopic (exact) mass is 225 g/mol. The maximum absolute atomic E-state index is 10.6. The summed E-state index contributed by atoms with van der Waals surface area (Å²) in [5.41, 5.74) is 0.974. The second kappa shape index (κ2) is 5.65. The number of aromatic nitrogens is 2. The summed E-state index contributed by atoms with van der Waals surface area (Å²) < 4.78 is 1.75. The maximum atomic E-state index is 10.6. The Morgan fingerprint density at radius 1 is 1.69 bits per heavy atom. The Hall–Kier alpha value is -1.36. The number of carboxylic acids is 1. The number of carbonyl (C=O) groups is 1. The van der Waals surface area contributed by atoms with E-state index in [4.69, 9.17) is 5.11 Å². The van der Waals surface area contributed by atoms with Crippen molar-refractivity contribution in [3.63, 3.8) is 0 Å². The van der Waals surface area contributed by atoms with Crippen LogP contribution in [0.1, 0.15) is 26.0 Å². The van der Waals surface area contributed by atoms with Crippen LogP contribution in [0.25, 0.3) is 0 Å². The van der Waals surface area contributed by atoms with E-state index in [-0.39, 0.29) is 12.5 Å². The molecule has 0 saturated heterocycles. The molecule has 0 bridgehead atoms. The van der Waals surface area contributed by atoms with Gasteiger partial charge in [-0.25, -0.2) is 0 Å². The minimum atomic E-state index is -0.757. The fraction of sp³-hybridized carbons (Fsp3) is 0.636. The molecule has 5 heteroatoms. The van der Waals surface area contributed by atoms with Crippen LogP contribution in [0.15, 0.2) is 12.3 Å². The molecule has 0 saturated carbocycles. The molecule has 1 heterocycles. The molecular weight excluding hydrogens is 206 g/mol. The van der Waals surface area contributed by atoms with Crippen LogP contribution in [0, 0.1) is 0 Å². The number of hydrogen-bond donors (Lipinski definition) is 1. The molecule has 0 aliphatic heterocycles. The number of nitrogens with zero attached hydrogens (tertiary/aromatic N) is 3. The van der Waals surface area contributed by atoms with E-state index in [2.05, 4.69) is 10.00 Å². The number of hydrogen-bond acceptors (Lipinski definition) is 3. The third-order valence-corrected chi connectivity index (χ3v) is 2.63. The van der Waals surface area contributed by atoms with Crippen molar-refractivity contribution in [1.29, 1.82) is 0 Å². The largest absolute Gasteiger partial charge is 0.481 e. The standard InChI is InChI=1S/C11H19N3O2/c1-4-14(9(2)7-11(15)16)8-10-5-6-13(3)12-10/h5-6,9H,4,7-8H2,1-3H3,(H,15,16). The van der Waals surface area contributed by atoms with Crippen molar-refractivity contribution in [2.24, 2.45) is 7.05 Å². The molecular formula is C11H19N3O2. The second-order valence-electron chi connectivity index (χ2n) is 3.99. The van der Waals surface area contributed by atoms with Crippen molar-refractivity contribution in [2.45, 2.75) is 32.9 Å². The lowest BCUT2D eigenvalue weighted by atomic mass is 10.2. The van der Waals surface area contributed by atoms with Gasteiger partial charge in [-0.3, -0.25) is 14.4 Å². The van der Waals surface area contributed by atoms with E-state index in [1.54, 1.807) is 4.68 Å². The molecule has 1 aromatic heterocycles. The van der Waals surface area contributed by atoms with Gasteiger partial charge in [0.25, 0.3) is 0 Å². The Morgan fingerprint density at radius 3 is 2.81 bits per heavy atom. The van der Waals surface area contributed by atoms with E-state index < -0.39 is 5.97 Å². The molecule has 0 fully saturated rings. The van der Waals surface area contributed by atoms with Crippen molar-refractivity contribution in [3.8, 4) is 0 Å². The Kier molecular flexibility index (Phi) is 4.49. The lowest BCUT2D eigenvalue weighted by Crippen LogP contribution is -2.34. The van der Waals surface area contributed by atoms with Gasteiger partial charge in [-0.1, -0.05) is 6.92 Å². The van der Waals surface area contributed by atoms with Crippen LogP contribution < -0.4 is 0 Å². The molecule has 16 heavy (non-hydrogen) atoms. The van der Waals surface area contributed by atoms with Gasteiger partial charge in [-0.2, -0.15) is 5.10 Å². The molecule has 0 radical (unpaired) electrons. The highest BCUT2D eigenvalue weighted by Crippen LogP contribution is 2.08. The molecule has 0 spiro atoms. The van der Waals surface area contributed by atoms with Gasteiger partial charge in [0.05, 0.1) is 12.1 Å². The Bertz CT molecular complexity index is 349. The van der Waals surface area contributed by atoms with E-state index in [9.17, 15) is 4.79 Å². The maximum Gasteiger partial charge on any atom is 0.304 e. The highest BCUT2D eigenvalue weighted by Gasteiger charge is 2.16. The van der Waals surface area contributed by atoms with Crippen LogP contribution in [0.4, 0.5) is 0 Å². The Morgan fingerprint density at radius 2 is 2.38 bits per heavy atom. The van der Waals surface area contributed by atoms with E-state index in [0.29, 0.717) is 6.54 Å². The van der Waals surface area contributed by atoms with Gasteiger partial charge in [0.1, 0.15) is 0 Å². The van der Waals surface area contributed by atoms with Crippen molar-refractivity contribution in [1.82, 2.24) is 14.7 Å². The van der Waals surface area contributed by atoms with Crippen LogP contribution in [-0.4, -0.2) is 38.3 Å². The highest BCUT2D eigenvalue weighted by molar-refractivity contribution is 5.67. The fourth-order valence-electron chi connectivity index (χ4n) is 1.72. The van der Waals surface area contributed by atoms with Gasteiger partial charge < -0.3 is 5.11 Å². The lowest BCUT2D eigenvalue weighted by Gasteiger charge is -2.25. The molecule has 0 aliphatic carbocycles. The van der Waals surface area contributed by atoms with E-state index in [1.807, 2.05) is 33.2 Å². The van der Waals surface area contributed by atoms with Gasteiger partial charge >= 0.3 is 5.97 Å². The quantitative estimate of drug-likeness (QED) is 0.787. The summed E-state index contributed by atoms with van der Waals surface area (Å²) >= 11 is 0. The Labute approximate surface area is 95.7 Å². The molecule has 1 unspecified atom stereocenters. The average molecular weight is 225 g/mol. The zero-order chi connectivity index (χ0) is 12.1. The van der Waals surface area contributed by atoms with Crippen molar-refractivity contribution >= 4 is 5.97 Å². The summed E-state index contributed by atoms with van der Waals surface area (Å²) in [7, 11) is 1.88. The van der Waals surface area contributed by atoms with Crippen LogP contribution in [-0.2, 0) is 18.4 Å². The highest BCUT2D eigenvalue weighted by atomic mass is 16.4. The molecule has 1 atom stereocenters. The topological polar surface area (TPSA) is 58.4 Å². The first kappa shape index (κ1) is 12.7. The van der Waals surface area contributed by atoms with Gasteiger partial charge in [0.15, 0.2) is 0 Å². The molecule has 0 aliphatic rings. The van der Waals surface area contributed by atoms with Crippen LogP contribution >= 0.6 is 0 Å². The number of rotatable bonds is 6. The SMILES string of the molecule is CCN(Cc1ccn(C)n1)C(C)CC(=O)O. The van der Waals surface area contributed by atoms with Crippen molar-refractivity contribution in [2.75, 3.05) is 6.54 Å². The minimum Gasteiger partial charge on any atom is -0.481 e. The molecule has 0 aromatic carbocycles. The number of aliphatic carboxylic acids is 1. The molecule has 1 N–H and O–H groups in total. The zero-order valence-electron chi connectivity index (χ0n) is 10.1. The summed E-state index contributed by atoms with van der Waals surface area (Å²) in [5.74, 6) is -0.757. The van der Waals surface area contributed by atoms with Crippen LogP contribution in [0.3, 0.4) is 0 Å². The summed E-state index contributed by atoms with van der Waals surface area (Å²) in [6.45, 7) is 5.48. The van der Waals surface area contributed by atoms with E-state index >= 15 is 0 Å². The number of carboxylic acid groups (broad SMARTS) is 1. The normalized spacial score (nSPS) is 13.0. The first-order valence-electron chi connectivity index (χ1n) is 5.47. The second-order valence-corrected chi connectivity index (χ2v) is 3.99. The summed E-state index contributed by atoms with van der Waals surface area (Å²) in [4.78, 5) is 12.7. The predicted molar refractivity (Wildman–Crippen MR) is 61.0 cm³/mol. The van der Waals surface area contributed by atoms with Crippen LogP contribution in [0.5, 0.6) is 0 Å². The smallest absolute Gasteiger partial charge is 0.304 e. The average Bonchev–Trinajstić information content (AvgIpc) is 2.59. The lowest BCUT2D eigenvalue weighted by molar-refractivity contribution is -0.138. The Balaban J connectivity index is 2.57. The molecule has 1 aromatic rings.